The van der Waals surface area contributed by atoms with E-state index in [0.717, 1.165) is 39.0 Å². The smallest absolute Gasteiger partial charge is 0.0976 e. The molecular weight excluding hydrogens is 154 g/mol. The maximum absolute atomic E-state index is 5.32. The van der Waals surface area contributed by atoms with Gasteiger partial charge in [0, 0.05) is 32.3 Å². The van der Waals surface area contributed by atoms with Gasteiger partial charge in [-0.15, -0.1) is 0 Å². The molecule has 0 unspecified atom stereocenters. The van der Waals surface area contributed by atoms with Gasteiger partial charge in [-0.05, 0) is 12.8 Å². The molecule has 2 rings (SSSR count). The molecule has 0 aromatic heterocycles. The lowest BCUT2D eigenvalue weighted by molar-refractivity contribution is 0.00165. The van der Waals surface area contributed by atoms with Gasteiger partial charge < -0.3 is 9.47 Å². The molecular formula is C9H16NO2. The van der Waals surface area contributed by atoms with E-state index in [1.54, 1.807) is 0 Å². The molecule has 12 heavy (non-hydrogen) atoms. The highest BCUT2D eigenvalue weighted by atomic mass is 16.5. The summed E-state index contributed by atoms with van der Waals surface area (Å²) in [5.74, 6) is 0. The Hall–Kier alpha value is -0.120. The molecule has 0 amide bonds. The molecule has 0 aliphatic carbocycles. The number of ether oxygens (including phenoxy) is 2. The van der Waals surface area contributed by atoms with Gasteiger partial charge in [-0.25, -0.2) is 0 Å². The minimum absolute atomic E-state index is 0.735. The van der Waals surface area contributed by atoms with Gasteiger partial charge in [-0.1, -0.05) is 0 Å². The fourth-order valence-corrected chi connectivity index (χ4v) is 1.87. The van der Waals surface area contributed by atoms with Gasteiger partial charge >= 0.3 is 0 Å². The molecule has 0 aromatic carbocycles. The quantitative estimate of drug-likeness (QED) is 0.577. The van der Waals surface area contributed by atoms with Crippen LogP contribution in [0.3, 0.4) is 0 Å². The van der Waals surface area contributed by atoms with Gasteiger partial charge in [0.25, 0.3) is 0 Å². The molecule has 2 aliphatic rings. The Balaban J connectivity index is 1.80. The van der Waals surface area contributed by atoms with Gasteiger partial charge in [-0.3, -0.25) is 4.90 Å². The first kappa shape index (κ1) is 8.48. The Morgan fingerprint density at radius 2 is 2.00 bits per heavy atom. The Morgan fingerprint density at radius 1 is 1.17 bits per heavy atom. The lowest BCUT2D eigenvalue weighted by atomic mass is 10.1. The highest BCUT2D eigenvalue weighted by molar-refractivity contribution is 4.79. The van der Waals surface area contributed by atoms with Gasteiger partial charge in [-0.2, -0.15) is 0 Å². The third-order valence-electron chi connectivity index (χ3n) is 2.63. The summed E-state index contributed by atoms with van der Waals surface area (Å²) in [6.45, 7) is 6.71. The molecule has 3 nitrogen and oxygen atoms in total. The van der Waals surface area contributed by atoms with Crippen molar-refractivity contribution in [1.82, 2.24) is 4.90 Å². The predicted octanol–water partition coefficient (Wildman–Crippen LogP) is 0.659. The van der Waals surface area contributed by atoms with Crippen LogP contribution in [-0.2, 0) is 9.47 Å². The van der Waals surface area contributed by atoms with Crippen molar-refractivity contribution in [2.75, 3.05) is 32.9 Å². The minimum atomic E-state index is 0.735. The van der Waals surface area contributed by atoms with Crippen molar-refractivity contribution in [2.24, 2.45) is 0 Å². The van der Waals surface area contributed by atoms with Gasteiger partial charge in [0.1, 0.15) is 0 Å². The van der Waals surface area contributed by atoms with E-state index in [4.69, 9.17) is 9.47 Å². The summed E-state index contributed by atoms with van der Waals surface area (Å²) < 4.78 is 10.5. The van der Waals surface area contributed by atoms with Crippen molar-refractivity contribution in [1.29, 1.82) is 0 Å². The van der Waals surface area contributed by atoms with Crippen LogP contribution < -0.4 is 0 Å². The SMILES string of the molecule is [CH]1CN(C2CCOCC2)CCO1. The minimum Gasteiger partial charge on any atom is -0.381 e. The van der Waals surface area contributed by atoms with Crippen LogP contribution in [0.25, 0.3) is 0 Å². The summed E-state index contributed by atoms with van der Waals surface area (Å²) >= 11 is 0. The van der Waals surface area contributed by atoms with Gasteiger partial charge in [0.15, 0.2) is 0 Å². The van der Waals surface area contributed by atoms with E-state index in [-0.39, 0.29) is 0 Å². The van der Waals surface area contributed by atoms with E-state index in [1.165, 1.54) is 12.8 Å². The molecule has 0 saturated carbocycles. The standard InChI is InChI=1S/C9H16NO2/c1-5-11-6-2-9(1)10-3-7-12-8-4-10/h7,9H,1-6,8H2. The second-order valence-corrected chi connectivity index (χ2v) is 3.38. The third kappa shape index (κ3) is 1.97. The van der Waals surface area contributed by atoms with Crippen molar-refractivity contribution >= 4 is 0 Å². The first-order valence-corrected chi connectivity index (χ1v) is 4.72. The number of hydrogen-bond donors (Lipinski definition) is 0. The van der Waals surface area contributed by atoms with E-state index in [0.29, 0.717) is 0 Å². The van der Waals surface area contributed by atoms with Crippen molar-refractivity contribution in [2.45, 2.75) is 18.9 Å². The number of hydrogen-bond acceptors (Lipinski definition) is 3. The summed E-state index contributed by atoms with van der Waals surface area (Å²) in [6.07, 6.45) is 2.38. The maximum Gasteiger partial charge on any atom is 0.0976 e. The predicted molar refractivity (Wildman–Crippen MR) is 45.7 cm³/mol. The molecule has 0 aromatic rings. The van der Waals surface area contributed by atoms with Crippen LogP contribution in [0.1, 0.15) is 12.8 Å². The van der Waals surface area contributed by atoms with E-state index in [2.05, 4.69) is 4.90 Å². The summed E-state index contributed by atoms with van der Waals surface area (Å²) in [6, 6.07) is 0.735. The van der Waals surface area contributed by atoms with Crippen LogP contribution in [0.5, 0.6) is 0 Å². The first-order valence-electron chi connectivity index (χ1n) is 4.72. The van der Waals surface area contributed by atoms with Gasteiger partial charge in [0.05, 0.1) is 13.2 Å². The van der Waals surface area contributed by atoms with Crippen LogP contribution in [0.4, 0.5) is 0 Å². The number of nitrogens with zero attached hydrogens (tertiary/aromatic N) is 1. The fourth-order valence-electron chi connectivity index (χ4n) is 1.87. The largest absolute Gasteiger partial charge is 0.381 e. The summed E-state index contributed by atoms with van der Waals surface area (Å²) in [5, 5.41) is 0. The average Bonchev–Trinajstić information content (AvgIpc) is 2.21. The zero-order valence-electron chi connectivity index (χ0n) is 7.37. The van der Waals surface area contributed by atoms with E-state index >= 15 is 0 Å². The topological polar surface area (TPSA) is 21.7 Å². The lowest BCUT2D eigenvalue weighted by Crippen LogP contribution is -2.44. The lowest BCUT2D eigenvalue weighted by Gasteiger charge is -2.36. The van der Waals surface area contributed by atoms with Gasteiger partial charge in [0.2, 0.25) is 0 Å². The van der Waals surface area contributed by atoms with Crippen LogP contribution in [0, 0.1) is 6.61 Å². The first-order chi connectivity index (χ1) is 5.97. The maximum atomic E-state index is 5.32. The number of morpholine rings is 1. The highest BCUT2D eigenvalue weighted by Gasteiger charge is 2.22. The van der Waals surface area contributed by atoms with Crippen molar-refractivity contribution in [3.05, 3.63) is 6.61 Å². The molecule has 69 valence electrons. The van der Waals surface area contributed by atoms with Crippen LogP contribution >= 0.6 is 0 Å². The van der Waals surface area contributed by atoms with Crippen molar-refractivity contribution in [3.63, 3.8) is 0 Å². The Bertz CT molecular complexity index is 112. The summed E-state index contributed by atoms with van der Waals surface area (Å²) in [7, 11) is 0. The normalized spacial score (nSPS) is 29.0. The van der Waals surface area contributed by atoms with Crippen LogP contribution in [0.2, 0.25) is 0 Å². The molecule has 2 aliphatic heterocycles. The fraction of sp³-hybridized carbons (Fsp3) is 0.889. The number of rotatable bonds is 1. The zero-order valence-corrected chi connectivity index (χ0v) is 7.37. The van der Waals surface area contributed by atoms with Crippen LogP contribution in [0.15, 0.2) is 0 Å². The molecule has 0 spiro atoms. The van der Waals surface area contributed by atoms with E-state index in [9.17, 15) is 0 Å². The van der Waals surface area contributed by atoms with Crippen molar-refractivity contribution < 1.29 is 9.47 Å². The molecule has 2 saturated heterocycles. The summed E-state index contributed by atoms with van der Waals surface area (Å²) in [4.78, 5) is 2.49. The molecule has 2 fully saturated rings. The average molecular weight is 170 g/mol. The monoisotopic (exact) mass is 170 g/mol. The molecule has 0 N–H and O–H groups in total. The third-order valence-corrected chi connectivity index (χ3v) is 2.63. The molecule has 0 bridgehead atoms. The van der Waals surface area contributed by atoms with Crippen LogP contribution in [-0.4, -0.2) is 43.9 Å². The second-order valence-electron chi connectivity index (χ2n) is 3.38. The second kappa shape index (κ2) is 4.21. The highest BCUT2D eigenvalue weighted by Crippen LogP contribution is 2.16. The molecule has 0 atom stereocenters. The van der Waals surface area contributed by atoms with E-state index < -0.39 is 0 Å². The van der Waals surface area contributed by atoms with Crippen molar-refractivity contribution in [3.8, 4) is 0 Å². The zero-order chi connectivity index (χ0) is 8.23. The molecule has 2 heterocycles. The Kier molecular flexibility index (Phi) is 2.98. The Morgan fingerprint density at radius 3 is 2.67 bits per heavy atom. The Labute approximate surface area is 73.6 Å². The summed E-state index contributed by atoms with van der Waals surface area (Å²) in [5.41, 5.74) is 0. The molecule has 3 heteroatoms. The molecule has 1 radical (unpaired) electrons. The van der Waals surface area contributed by atoms with E-state index in [1.807, 2.05) is 6.61 Å².